The van der Waals surface area contributed by atoms with Crippen LogP contribution in [-0.4, -0.2) is 23.3 Å². The average molecular weight is 322 g/mol. The Morgan fingerprint density at radius 1 is 1.04 bits per heavy atom. The van der Waals surface area contributed by atoms with E-state index in [1.165, 1.54) is 24.3 Å². The van der Waals surface area contributed by atoms with Crippen LogP contribution in [0.4, 0.5) is 10.1 Å². The molecule has 0 aliphatic carbocycles. The first-order valence-corrected chi connectivity index (χ1v) is 7.41. The Hall–Kier alpha value is -3.21. The van der Waals surface area contributed by atoms with Gasteiger partial charge in [0.05, 0.1) is 5.57 Å². The summed E-state index contributed by atoms with van der Waals surface area (Å²) in [5.74, 6) is -1.28. The van der Waals surface area contributed by atoms with Crippen molar-refractivity contribution in [1.82, 2.24) is 4.90 Å². The van der Waals surface area contributed by atoms with E-state index in [4.69, 9.17) is 0 Å². The van der Waals surface area contributed by atoms with Crippen LogP contribution in [0.2, 0.25) is 0 Å². The fraction of sp³-hybridized carbons (Fsp3) is 0.0526. The minimum Gasteiger partial charge on any atom is -0.350 e. The maximum Gasteiger partial charge on any atom is 0.278 e. The number of hydrogen-bond acceptors (Lipinski definition) is 3. The summed E-state index contributed by atoms with van der Waals surface area (Å²) in [4.78, 5) is 26.4. The zero-order valence-corrected chi connectivity index (χ0v) is 12.8. The first kappa shape index (κ1) is 15.7. The molecule has 5 heteroatoms. The van der Waals surface area contributed by atoms with E-state index in [0.717, 1.165) is 4.90 Å². The molecule has 120 valence electrons. The van der Waals surface area contributed by atoms with Gasteiger partial charge in [-0.05, 0) is 23.8 Å². The molecular weight excluding hydrogens is 307 g/mol. The van der Waals surface area contributed by atoms with Gasteiger partial charge in [-0.1, -0.05) is 42.5 Å². The molecule has 0 bridgehead atoms. The number of carbonyl (C=O) groups is 2. The largest absolute Gasteiger partial charge is 0.350 e. The number of anilines is 1. The van der Waals surface area contributed by atoms with Crippen LogP contribution in [0.25, 0.3) is 5.57 Å². The molecule has 4 nitrogen and oxygen atoms in total. The molecule has 0 unspecified atom stereocenters. The Morgan fingerprint density at radius 3 is 2.46 bits per heavy atom. The molecule has 0 aromatic heterocycles. The van der Waals surface area contributed by atoms with Gasteiger partial charge in [0.2, 0.25) is 0 Å². The monoisotopic (exact) mass is 322 g/mol. The van der Waals surface area contributed by atoms with Gasteiger partial charge < -0.3 is 5.32 Å². The Balaban J connectivity index is 2.08. The highest BCUT2D eigenvalue weighted by molar-refractivity contribution is 6.36. The minimum atomic E-state index is -0.456. The fourth-order valence-corrected chi connectivity index (χ4v) is 2.57. The maximum absolute atomic E-state index is 13.4. The molecule has 0 saturated heterocycles. The lowest BCUT2D eigenvalue weighted by Crippen LogP contribution is -2.32. The Labute approximate surface area is 138 Å². The lowest BCUT2D eigenvalue weighted by molar-refractivity contribution is -0.136. The van der Waals surface area contributed by atoms with Crippen LogP contribution in [0.3, 0.4) is 0 Å². The fourth-order valence-electron chi connectivity index (χ4n) is 2.57. The van der Waals surface area contributed by atoms with E-state index in [0.29, 0.717) is 11.3 Å². The summed E-state index contributed by atoms with van der Waals surface area (Å²) < 4.78 is 13.4. The number of imide groups is 1. The summed E-state index contributed by atoms with van der Waals surface area (Å²) in [7, 11) is 0. The number of rotatable bonds is 5. The molecule has 2 aromatic carbocycles. The number of benzene rings is 2. The molecule has 2 amide bonds. The highest BCUT2D eigenvalue weighted by atomic mass is 19.1. The van der Waals surface area contributed by atoms with Gasteiger partial charge in [0.15, 0.2) is 0 Å². The van der Waals surface area contributed by atoms with Crippen LogP contribution >= 0.6 is 0 Å². The third-order valence-electron chi connectivity index (χ3n) is 3.64. The number of hydrogen-bond donors (Lipinski definition) is 1. The molecule has 1 aliphatic heterocycles. The van der Waals surface area contributed by atoms with Crippen molar-refractivity contribution in [2.75, 3.05) is 11.9 Å². The molecule has 1 N–H and O–H groups in total. The quantitative estimate of drug-likeness (QED) is 0.679. The molecule has 2 aromatic rings. The van der Waals surface area contributed by atoms with E-state index in [2.05, 4.69) is 11.9 Å². The summed E-state index contributed by atoms with van der Waals surface area (Å²) in [6.45, 7) is 3.69. The highest BCUT2D eigenvalue weighted by Gasteiger charge is 2.38. The summed E-state index contributed by atoms with van der Waals surface area (Å²) in [5.41, 5.74) is 1.44. The number of halogens is 1. The van der Waals surface area contributed by atoms with Gasteiger partial charge in [0, 0.05) is 12.2 Å². The minimum absolute atomic E-state index is 0.113. The lowest BCUT2D eigenvalue weighted by atomic mass is 10.0. The predicted molar refractivity (Wildman–Crippen MR) is 90.3 cm³/mol. The average Bonchev–Trinajstić information content (AvgIpc) is 2.81. The molecule has 0 atom stereocenters. The lowest BCUT2D eigenvalue weighted by Gasteiger charge is -2.12. The topological polar surface area (TPSA) is 49.4 Å². The molecule has 1 aliphatic rings. The van der Waals surface area contributed by atoms with Gasteiger partial charge in [-0.15, -0.1) is 6.58 Å². The maximum atomic E-state index is 13.4. The Bertz CT molecular complexity index is 843. The van der Waals surface area contributed by atoms with Crippen LogP contribution in [0.1, 0.15) is 5.56 Å². The van der Waals surface area contributed by atoms with Crippen molar-refractivity contribution in [2.24, 2.45) is 0 Å². The number of nitrogens with one attached hydrogen (secondary N) is 1. The van der Waals surface area contributed by atoms with Crippen LogP contribution in [0, 0.1) is 5.82 Å². The molecule has 24 heavy (non-hydrogen) atoms. The smallest absolute Gasteiger partial charge is 0.278 e. The van der Waals surface area contributed by atoms with E-state index >= 15 is 0 Å². The van der Waals surface area contributed by atoms with Gasteiger partial charge in [-0.25, -0.2) is 4.39 Å². The van der Waals surface area contributed by atoms with Crippen molar-refractivity contribution in [3.8, 4) is 0 Å². The van der Waals surface area contributed by atoms with E-state index in [9.17, 15) is 14.0 Å². The second-order valence-corrected chi connectivity index (χ2v) is 5.26. The van der Waals surface area contributed by atoms with E-state index in [1.807, 2.05) is 6.07 Å². The van der Waals surface area contributed by atoms with Crippen molar-refractivity contribution in [1.29, 1.82) is 0 Å². The Morgan fingerprint density at radius 2 is 1.79 bits per heavy atom. The van der Waals surface area contributed by atoms with Gasteiger partial charge in [-0.3, -0.25) is 14.5 Å². The molecule has 1 heterocycles. The summed E-state index contributed by atoms with van der Waals surface area (Å²) in [6.07, 6.45) is 1.49. The number of amides is 2. The van der Waals surface area contributed by atoms with E-state index < -0.39 is 17.6 Å². The zero-order valence-electron chi connectivity index (χ0n) is 12.8. The van der Waals surface area contributed by atoms with Crippen molar-refractivity contribution in [3.05, 3.63) is 84.3 Å². The van der Waals surface area contributed by atoms with Gasteiger partial charge >= 0.3 is 0 Å². The third-order valence-corrected chi connectivity index (χ3v) is 3.64. The van der Waals surface area contributed by atoms with Crippen molar-refractivity contribution in [3.63, 3.8) is 0 Å². The number of carbonyl (C=O) groups excluding carboxylic acids is 2. The third kappa shape index (κ3) is 2.84. The van der Waals surface area contributed by atoms with Gasteiger partial charge in [-0.2, -0.15) is 0 Å². The van der Waals surface area contributed by atoms with Gasteiger partial charge in [0.1, 0.15) is 11.5 Å². The second kappa shape index (κ2) is 6.50. The first-order chi connectivity index (χ1) is 11.6. The van der Waals surface area contributed by atoms with Crippen molar-refractivity contribution >= 4 is 23.1 Å². The molecule has 3 rings (SSSR count). The molecule has 0 radical (unpaired) electrons. The summed E-state index contributed by atoms with van der Waals surface area (Å²) in [5, 5.41) is 2.89. The predicted octanol–water partition coefficient (Wildman–Crippen LogP) is 3.20. The highest BCUT2D eigenvalue weighted by Crippen LogP contribution is 2.30. The van der Waals surface area contributed by atoms with Crippen LogP contribution < -0.4 is 5.32 Å². The summed E-state index contributed by atoms with van der Waals surface area (Å²) >= 11 is 0. The van der Waals surface area contributed by atoms with Crippen molar-refractivity contribution < 1.29 is 14.0 Å². The first-order valence-electron chi connectivity index (χ1n) is 7.41. The second-order valence-electron chi connectivity index (χ2n) is 5.26. The molecule has 0 fully saturated rings. The van der Waals surface area contributed by atoms with Crippen LogP contribution in [0.5, 0.6) is 0 Å². The normalized spacial score (nSPS) is 14.3. The number of nitrogens with zero attached hydrogens (tertiary/aromatic N) is 1. The van der Waals surface area contributed by atoms with E-state index in [1.54, 1.807) is 30.3 Å². The zero-order chi connectivity index (χ0) is 17.1. The molecule has 0 spiro atoms. The standard InChI is InChI=1S/C19H15FN2O2/c1-2-11-22-18(23)16(13-7-4-3-5-8-13)17(19(22)24)21-15-10-6-9-14(20)12-15/h2-10,12,21H,1,11H2. The van der Waals surface area contributed by atoms with E-state index in [-0.39, 0.29) is 17.8 Å². The van der Waals surface area contributed by atoms with Crippen molar-refractivity contribution in [2.45, 2.75) is 0 Å². The van der Waals surface area contributed by atoms with Crippen LogP contribution in [-0.2, 0) is 9.59 Å². The van der Waals surface area contributed by atoms with Crippen LogP contribution in [0.15, 0.2) is 72.9 Å². The molecule has 0 saturated carbocycles. The SMILES string of the molecule is C=CCN1C(=O)C(Nc2cccc(F)c2)=C(c2ccccc2)C1=O. The summed E-state index contributed by atoms with van der Waals surface area (Å²) in [6, 6.07) is 14.7. The van der Waals surface area contributed by atoms with Gasteiger partial charge in [0.25, 0.3) is 11.8 Å². The molecular formula is C19H15FN2O2. The Kier molecular flexibility index (Phi) is 4.24.